The quantitative estimate of drug-likeness (QED) is 0.765. The summed E-state index contributed by atoms with van der Waals surface area (Å²) in [6, 6.07) is 13.1. The summed E-state index contributed by atoms with van der Waals surface area (Å²) in [6.07, 6.45) is 0. The molecule has 0 radical (unpaired) electrons. The van der Waals surface area contributed by atoms with Crippen molar-refractivity contribution in [2.24, 2.45) is 5.92 Å². The molecule has 0 aromatic heterocycles. The summed E-state index contributed by atoms with van der Waals surface area (Å²) in [4.78, 5) is 25.3. The van der Waals surface area contributed by atoms with E-state index in [4.69, 9.17) is 16.3 Å². The molecule has 26 heavy (non-hydrogen) atoms. The SMILES string of the molecule is CCOc1ccccc1C(=O)NC(C(=O)Nc1cccc(Cl)c1)C(C)C. The summed E-state index contributed by atoms with van der Waals surface area (Å²) >= 11 is 5.95. The lowest BCUT2D eigenvalue weighted by molar-refractivity contribution is -0.118. The standard InChI is InChI=1S/C20H23ClN2O3/c1-4-26-17-11-6-5-10-16(17)19(24)23-18(13(2)3)20(25)22-15-9-7-8-14(21)12-15/h5-13,18H,4H2,1-3H3,(H,22,25)(H,23,24). The lowest BCUT2D eigenvalue weighted by atomic mass is 10.0. The molecule has 0 fully saturated rings. The van der Waals surface area contributed by atoms with E-state index < -0.39 is 6.04 Å². The maximum Gasteiger partial charge on any atom is 0.255 e. The Kier molecular flexibility index (Phi) is 7.04. The molecule has 2 amide bonds. The number of halogens is 1. The smallest absolute Gasteiger partial charge is 0.255 e. The fourth-order valence-electron chi connectivity index (χ4n) is 2.48. The lowest BCUT2D eigenvalue weighted by Crippen LogP contribution is -2.47. The van der Waals surface area contributed by atoms with Crippen molar-refractivity contribution in [1.82, 2.24) is 5.32 Å². The Morgan fingerprint density at radius 1 is 1.12 bits per heavy atom. The van der Waals surface area contributed by atoms with E-state index in [1.54, 1.807) is 48.5 Å². The average molecular weight is 375 g/mol. The Morgan fingerprint density at radius 3 is 2.50 bits per heavy atom. The Hall–Kier alpha value is -2.53. The van der Waals surface area contributed by atoms with Gasteiger partial charge in [0.2, 0.25) is 5.91 Å². The largest absolute Gasteiger partial charge is 0.493 e. The molecular formula is C20H23ClN2O3. The van der Waals surface area contributed by atoms with Crippen LogP contribution in [-0.2, 0) is 4.79 Å². The summed E-state index contributed by atoms with van der Waals surface area (Å²) in [5.74, 6) is -0.263. The van der Waals surface area contributed by atoms with Crippen LogP contribution in [0.4, 0.5) is 5.69 Å². The number of amides is 2. The van der Waals surface area contributed by atoms with Gasteiger partial charge >= 0.3 is 0 Å². The first-order valence-electron chi connectivity index (χ1n) is 8.51. The molecule has 0 aliphatic heterocycles. The van der Waals surface area contributed by atoms with Crippen LogP contribution in [0, 0.1) is 5.92 Å². The van der Waals surface area contributed by atoms with E-state index in [2.05, 4.69) is 10.6 Å². The van der Waals surface area contributed by atoms with Crippen LogP contribution in [0.3, 0.4) is 0 Å². The molecule has 0 bridgehead atoms. The first-order valence-corrected chi connectivity index (χ1v) is 8.89. The number of rotatable bonds is 7. The summed E-state index contributed by atoms with van der Waals surface area (Å²) in [5.41, 5.74) is 0.979. The minimum absolute atomic E-state index is 0.0996. The molecule has 0 saturated carbocycles. The van der Waals surface area contributed by atoms with Crippen LogP contribution in [0.25, 0.3) is 0 Å². The predicted octanol–water partition coefficient (Wildman–Crippen LogP) is 4.13. The molecule has 2 N–H and O–H groups in total. The van der Waals surface area contributed by atoms with Gasteiger partial charge in [-0.25, -0.2) is 0 Å². The zero-order chi connectivity index (χ0) is 19.1. The van der Waals surface area contributed by atoms with Gasteiger partial charge in [-0.2, -0.15) is 0 Å². The zero-order valence-corrected chi connectivity index (χ0v) is 15.8. The predicted molar refractivity (Wildman–Crippen MR) is 104 cm³/mol. The van der Waals surface area contributed by atoms with E-state index in [1.807, 2.05) is 20.8 Å². The van der Waals surface area contributed by atoms with E-state index in [-0.39, 0.29) is 17.7 Å². The van der Waals surface area contributed by atoms with Gasteiger partial charge in [-0.05, 0) is 43.2 Å². The molecule has 0 aliphatic rings. The number of hydrogen-bond acceptors (Lipinski definition) is 3. The highest BCUT2D eigenvalue weighted by atomic mass is 35.5. The minimum Gasteiger partial charge on any atom is -0.493 e. The molecule has 0 saturated heterocycles. The highest BCUT2D eigenvalue weighted by Gasteiger charge is 2.26. The number of ether oxygens (including phenoxy) is 1. The Morgan fingerprint density at radius 2 is 1.85 bits per heavy atom. The summed E-state index contributed by atoms with van der Waals surface area (Å²) in [5, 5.41) is 6.12. The molecule has 2 rings (SSSR count). The van der Waals surface area contributed by atoms with E-state index >= 15 is 0 Å². The highest BCUT2D eigenvalue weighted by Crippen LogP contribution is 2.19. The second-order valence-electron chi connectivity index (χ2n) is 6.12. The highest BCUT2D eigenvalue weighted by molar-refractivity contribution is 6.30. The Labute approximate surface area is 158 Å². The number of hydrogen-bond donors (Lipinski definition) is 2. The summed E-state index contributed by atoms with van der Waals surface area (Å²) < 4.78 is 5.49. The maximum atomic E-state index is 12.7. The van der Waals surface area contributed by atoms with Crippen molar-refractivity contribution < 1.29 is 14.3 Å². The van der Waals surface area contributed by atoms with Gasteiger partial charge in [0.15, 0.2) is 0 Å². The lowest BCUT2D eigenvalue weighted by Gasteiger charge is -2.22. The van der Waals surface area contributed by atoms with Crippen LogP contribution in [0.2, 0.25) is 5.02 Å². The molecule has 6 heteroatoms. The Balaban J connectivity index is 2.15. The molecule has 138 valence electrons. The number of anilines is 1. The molecule has 0 spiro atoms. The van der Waals surface area contributed by atoms with Crippen LogP contribution in [0.5, 0.6) is 5.75 Å². The van der Waals surface area contributed by atoms with Gasteiger partial charge < -0.3 is 15.4 Å². The van der Waals surface area contributed by atoms with Crippen LogP contribution in [-0.4, -0.2) is 24.5 Å². The monoisotopic (exact) mass is 374 g/mol. The molecule has 1 unspecified atom stereocenters. The van der Waals surface area contributed by atoms with Crippen LogP contribution in [0.1, 0.15) is 31.1 Å². The van der Waals surface area contributed by atoms with Crippen molar-refractivity contribution in [1.29, 1.82) is 0 Å². The third-order valence-electron chi connectivity index (χ3n) is 3.76. The van der Waals surface area contributed by atoms with E-state index in [0.717, 1.165) is 0 Å². The van der Waals surface area contributed by atoms with Gasteiger partial charge in [0.25, 0.3) is 5.91 Å². The first-order chi connectivity index (χ1) is 12.4. The van der Waals surface area contributed by atoms with Crippen molar-refractivity contribution in [3.63, 3.8) is 0 Å². The number of carbonyl (C=O) groups excluding carboxylic acids is 2. The minimum atomic E-state index is -0.698. The van der Waals surface area contributed by atoms with E-state index in [9.17, 15) is 9.59 Å². The molecule has 0 heterocycles. The van der Waals surface area contributed by atoms with Gasteiger partial charge in [-0.3, -0.25) is 9.59 Å². The van der Waals surface area contributed by atoms with Crippen molar-refractivity contribution in [3.05, 3.63) is 59.1 Å². The van der Waals surface area contributed by atoms with Gasteiger partial charge in [0, 0.05) is 10.7 Å². The van der Waals surface area contributed by atoms with Crippen molar-refractivity contribution in [2.45, 2.75) is 26.8 Å². The second kappa shape index (κ2) is 9.25. The van der Waals surface area contributed by atoms with Gasteiger partial charge in [0.1, 0.15) is 11.8 Å². The van der Waals surface area contributed by atoms with Crippen molar-refractivity contribution in [3.8, 4) is 5.75 Å². The third-order valence-corrected chi connectivity index (χ3v) is 3.99. The number of carbonyl (C=O) groups is 2. The number of benzene rings is 2. The van der Waals surface area contributed by atoms with Crippen molar-refractivity contribution >= 4 is 29.1 Å². The summed E-state index contributed by atoms with van der Waals surface area (Å²) in [7, 11) is 0. The first kappa shape index (κ1) is 19.8. The normalized spacial score (nSPS) is 11.7. The molecule has 0 aliphatic carbocycles. The molecule has 1 atom stereocenters. The number of nitrogens with one attached hydrogen (secondary N) is 2. The van der Waals surface area contributed by atoms with Crippen molar-refractivity contribution in [2.75, 3.05) is 11.9 Å². The zero-order valence-electron chi connectivity index (χ0n) is 15.1. The third kappa shape index (κ3) is 5.23. The van der Waals surface area contributed by atoms with Crippen LogP contribution in [0.15, 0.2) is 48.5 Å². The number of para-hydroxylation sites is 1. The van der Waals surface area contributed by atoms with Gasteiger partial charge in [-0.15, -0.1) is 0 Å². The fourth-order valence-corrected chi connectivity index (χ4v) is 2.67. The molecule has 5 nitrogen and oxygen atoms in total. The van der Waals surface area contributed by atoms with Gasteiger partial charge in [0.05, 0.1) is 12.2 Å². The Bertz CT molecular complexity index is 777. The molecule has 2 aromatic carbocycles. The average Bonchev–Trinajstić information content (AvgIpc) is 2.60. The topological polar surface area (TPSA) is 67.4 Å². The molecular weight excluding hydrogens is 352 g/mol. The summed E-state index contributed by atoms with van der Waals surface area (Å²) in [6.45, 7) is 6.05. The molecule has 2 aromatic rings. The van der Waals surface area contributed by atoms with E-state index in [1.165, 1.54) is 0 Å². The van der Waals surface area contributed by atoms with Gasteiger partial charge in [-0.1, -0.05) is 43.6 Å². The maximum absolute atomic E-state index is 12.7. The fraction of sp³-hybridized carbons (Fsp3) is 0.300. The van der Waals surface area contributed by atoms with Crippen LogP contribution < -0.4 is 15.4 Å². The second-order valence-corrected chi connectivity index (χ2v) is 6.56. The van der Waals surface area contributed by atoms with Crippen LogP contribution >= 0.6 is 11.6 Å². The van der Waals surface area contributed by atoms with E-state index in [0.29, 0.717) is 28.6 Å².